The number of hydrogen-bond donors (Lipinski definition) is 0. The molecule has 1 aliphatic carbocycles. The van der Waals surface area contributed by atoms with E-state index in [4.69, 9.17) is 0 Å². The summed E-state index contributed by atoms with van der Waals surface area (Å²) < 4.78 is 0. The van der Waals surface area contributed by atoms with E-state index in [9.17, 15) is 4.79 Å². The quantitative estimate of drug-likeness (QED) is 0.481. The second-order valence-electron chi connectivity index (χ2n) is 4.93. The average Bonchev–Trinajstić information content (AvgIpc) is 2.74. The third-order valence-corrected chi connectivity index (χ3v) is 3.63. The molecule has 1 aromatic rings. The molecule has 0 aliphatic heterocycles. The van der Waals surface area contributed by atoms with Gasteiger partial charge in [-0.05, 0) is 12.8 Å². The van der Waals surface area contributed by atoms with Gasteiger partial charge in [-0.2, -0.15) is 0 Å². The zero-order chi connectivity index (χ0) is 14.0. The van der Waals surface area contributed by atoms with Crippen LogP contribution in [0.4, 0.5) is 5.13 Å². The molecule has 2 rings (SSSR count). The molecule has 0 bridgehead atoms. The lowest BCUT2D eigenvalue weighted by molar-refractivity contribution is 0.102. The van der Waals surface area contributed by atoms with E-state index < -0.39 is 0 Å². The summed E-state index contributed by atoms with van der Waals surface area (Å²) in [7, 11) is 7.66. The van der Waals surface area contributed by atoms with Crippen LogP contribution in [0.15, 0.2) is 16.8 Å². The summed E-state index contributed by atoms with van der Waals surface area (Å²) in [4.78, 5) is 25.5. The first-order valence-electron chi connectivity index (χ1n) is 6.09. The van der Waals surface area contributed by atoms with Crippen LogP contribution in [0.2, 0.25) is 0 Å². The van der Waals surface area contributed by atoms with E-state index in [1.165, 1.54) is 11.3 Å². The molecular formula is C13H18N4OS. The average molecular weight is 278 g/mol. The predicted octanol–water partition coefficient (Wildman–Crippen LogP) is 1.94. The van der Waals surface area contributed by atoms with Crippen molar-refractivity contribution in [2.75, 3.05) is 28.2 Å². The Morgan fingerprint density at radius 2 is 1.95 bits per heavy atom. The number of Topliss-reactive ketones (excluding diaryl/α,β-unsaturated/α-hetero) is 1. The van der Waals surface area contributed by atoms with Gasteiger partial charge in [0, 0.05) is 40.0 Å². The Morgan fingerprint density at radius 3 is 2.58 bits per heavy atom. The van der Waals surface area contributed by atoms with Crippen molar-refractivity contribution in [3.05, 3.63) is 22.3 Å². The SMILES string of the molecule is CN(C)/C=N\c1nc2c(s1)C(=O)/C(=C\N(C)C)CC2. The Bertz CT molecular complexity index is 543. The molecule has 0 unspecified atom stereocenters. The van der Waals surface area contributed by atoms with E-state index >= 15 is 0 Å². The van der Waals surface area contributed by atoms with Crippen LogP contribution in [0.5, 0.6) is 0 Å². The molecule has 0 spiro atoms. The van der Waals surface area contributed by atoms with Gasteiger partial charge in [0.1, 0.15) is 0 Å². The Balaban J connectivity index is 2.27. The molecule has 102 valence electrons. The number of carbonyl (C=O) groups excluding carboxylic acids is 1. The number of carbonyl (C=O) groups is 1. The molecular weight excluding hydrogens is 260 g/mol. The van der Waals surface area contributed by atoms with Crippen LogP contribution in [0.1, 0.15) is 21.8 Å². The van der Waals surface area contributed by atoms with Gasteiger partial charge < -0.3 is 9.80 Å². The summed E-state index contributed by atoms with van der Waals surface area (Å²) in [6.45, 7) is 0. The van der Waals surface area contributed by atoms with Crippen molar-refractivity contribution >= 4 is 28.6 Å². The minimum Gasteiger partial charge on any atom is -0.383 e. The zero-order valence-electron chi connectivity index (χ0n) is 11.7. The summed E-state index contributed by atoms with van der Waals surface area (Å²) in [5, 5.41) is 0.651. The van der Waals surface area contributed by atoms with E-state index in [0.717, 1.165) is 29.0 Å². The number of thiazole rings is 1. The minimum atomic E-state index is 0.0961. The van der Waals surface area contributed by atoms with Crippen molar-refractivity contribution in [1.82, 2.24) is 14.8 Å². The van der Waals surface area contributed by atoms with Gasteiger partial charge in [0.15, 0.2) is 0 Å². The molecule has 0 amide bonds. The fourth-order valence-corrected chi connectivity index (χ4v) is 2.78. The van der Waals surface area contributed by atoms with Crippen LogP contribution in [0.25, 0.3) is 0 Å². The Hall–Kier alpha value is -1.69. The highest BCUT2D eigenvalue weighted by Gasteiger charge is 2.26. The summed E-state index contributed by atoms with van der Waals surface area (Å²) in [5.41, 5.74) is 1.74. The van der Waals surface area contributed by atoms with E-state index in [1.54, 1.807) is 6.34 Å². The van der Waals surface area contributed by atoms with Crippen LogP contribution in [-0.2, 0) is 6.42 Å². The normalized spacial score (nSPS) is 17.1. The molecule has 0 atom stereocenters. The number of nitrogens with zero attached hydrogens (tertiary/aromatic N) is 4. The van der Waals surface area contributed by atoms with Crippen molar-refractivity contribution in [2.24, 2.45) is 4.99 Å². The number of ketones is 1. The predicted molar refractivity (Wildman–Crippen MR) is 78.4 cm³/mol. The van der Waals surface area contributed by atoms with Crippen molar-refractivity contribution in [1.29, 1.82) is 0 Å². The van der Waals surface area contributed by atoms with Gasteiger partial charge in [0.05, 0.1) is 16.9 Å². The highest BCUT2D eigenvalue weighted by molar-refractivity contribution is 7.17. The second-order valence-corrected chi connectivity index (χ2v) is 5.91. The van der Waals surface area contributed by atoms with Crippen molar-refractivity contribution in [2.45, 2.75) is 12.8 Å². The lowest BCUT2D eigenvalue weighted by atomic mass is 9.96. The van der Waals surface area contributed by atoms with Crippen LogP contribution in [0.3, 0.4) is 0 Å². The molecule has 5 nitrogen and oxygen atoms in total. The van der Waals surface area contributed by atoms with Crippen LogP contribution in [-0.4, -0.2) is 55.1 Å². The number of allylic oxidation sites excluding steroid dienone is 1. The van der Waals surface area contributed by atoms with Gasteiger partial charge in [-0.3, -0.25) is 4.79 Å². The summed E-state index contributed by atoms with van der Waals surface area (Å²) >= 11 is 1.37. The molecule has 1 heterocycles. The number of hydrogen-bond acceptors (Lipinski definition) is 5. The van der Waals surface area contributed by atoms with E-state index in [2.05, 4.69) is 9.98 Å². The molecule has 1 aliphatic rings. The minimum absolute atomic E-state index is 0.0961. The molecule has 19 heavy (non-hydrogen) atoms. The molecule has 0 saturated carbocycles. The summed E-state index contributed by atoms with van der Waals surface area (Å²) in [5.74, 6) is 0.0961. The highest BCUT2D eigenvalue weighted by atomic mass is 32.1. The second kappa shape index (κ2) is 5.52. The lowest BCUT2D eigenvalue weighted by Crippen LogP contribution is -2.15. The molecule has 0 radical (unpaired) electrons. The first-order valence-corrected chi connectivity index (χ1v) is 6.91. The fourth-order valence-electron chi connectivity index (χ4n) is 1.85. The zero-order valence-corrected chi connectivity index (χ0v) is 12.5. The highest BCUT2D eigenvalue weighted by Crippen LogP contribution is 2.33. The van der Waals surface area contributed by atoms with Gasteiger partial charge in [0.25, 0.3) is 0 Å². The van der Waals surface area contributed by atoms with Crippen molar-refractivity contribution < 1.29 is 4.79 Å². The maximum Gasteiger partial charge on any atom is 0.211 e. The van der Waals surface area contributed by atoms with Crippen LogP contribution in [0, 0.1) is 0 Å². The fraction of sp³-hybridized carbons (Fsp3) is 0.462. The lowest BCUT2D eigenvalue weighted by Gasteiger charge is -2.14. The molecule has 0 saturated heterocycles. The van der Waals surface area contributed by atoms with E-state index in [0.29, 0.717) is 5.13 Å². The number of aryl methyl sites for hydroxylation is 1. The van der Waals surface area contributed by atoms with Crippen molar-refractivity contribution in [3.63, 3.8) is 0 Å². The largest absolute Gasteiger partial charge is 0.383 e. The third kappa shape index (κ3) is 3.20. The van der Waals surface area contributed by atoms with Gasteiger partial charge in [-0.15, -0.1) is 0 Å². The third-order valence-electron chi connectivity index (χ3n) is 2.63. The first kappa shape index (κ1) is 13.7. The number of aromatic nitrogens is 1. The van der Waals surface area contributed by atoms with Gasteiger partial charge in [-0.1, -0.05) is 11.3 Å². The number of fused-ring (bicyclic) bond motifs is 1. The molecule has 0 aromatic carbocycles. The van der Waals surface area contributed by atoms with Crippen LogP contribution >= 0.6 is 11.3 Å². The first-order chi connectivity index (χ1) is 8.97. The van der Waals surface area contributed by atoms with E-state index in [1.807, 2.05) is 44.2 Å². The standard InChI is InChI=1S/C13H18N4OS/c1-16(2)7-9-5-6-10-12(11(9)18)19-13(15-10)14-8-17(3)4/h7-8H,5-6H2,1-4H3/b9-7-,14-8-. The van der Waals surface area contributed by atoms with Gasteiger partial charge in [-0.25, -0.2) is 9.98 Å². The van der Waals surface area contributed by atoms with Gasteiger partial charge in [0.2, 0.25) is 10.9 Å². The Kier molecular flexibility index (Phi) is 3.99. The van der Waals surface area contributed by atoms with Crippen molar-refractivity contribution in [3.8, 4) is 0 Å². The monoisotopic (exact) mass is 278 g/mol. The maximum atomic E-state index is 12.3. The Morgan fingerprint density at radius 1 is 1.21 bits per heavy atom. The maximum absolute atomic E-state index is 12.3. The van der Waals surface area contributed by atoms with Crippen LogP contribution < -0.4 is 0 Å². The molecule has 1 aromatic heterocycles. The number of rotatable bonds is 3. The van der Waals surface area contributed by atoms with Gasteiger partial charge >= 0.3 is 0 Å². The molecule has 0 N–H and O–H groups in total. The summed E-state index contributed by atoms with van der Waals surface area (Å²) in [6.07, 6.45) is 5.17. The number of aliphatic imine (C=N–C) groups is 1. The Labute approximate surface area is 117 Å². The summed E-state index contributed by atoms with van der Waals surface area (Å²) in [6, 6.07) is 0. The molecule has 6 heteroatoms. The topological polar surface area (TPSA) is 48.8 Å². The van der Waals surface area contributed by atoms with E-state index in [-0.39, 0.29) is 5.78 Å². The molecule has 0 fully saturated rings. The smallest absolute Gasteiger partial charge is 0.211 e.